The van der Waals surface area contributed by atoms with Crippen molar-refractivity contribution in [3.05, 3.63) is 23.8 Å². The fourth-order valence-corrected chi connectivity index (χ4v) is 4.57. The van der Waals surface area contributed by atoms with Crippen LogP contribution >= 0.6 is 12.4 Å². The van der Waals surface area contributed by atoms with Gasteiger partial charge in [0.1, 0.15) is 0 Å². The molecule has 3 rings (SSSR count). The summed E-state index contributed by atoms with van der Waals surface area (Å²) in [7, 11) is -3.16. The molecule has 3 N–H and O–H groups in total. The lowest BCUT2D eigenvalue weighted by Gasteiger charge is -2.11. The van der Waals surface area contributed by atoms with Crippen molar-refractivity contribution in [2.24, 2.45) is 11.7 Å². The molecule has 1 aliphatic heterocycles. The topological polar surface area (TPSA) is 89.3 Å². The number of benzene rings is 1. The first-order valence-electron chi connectivity index (χ1n) is 6.88. The van der Waals surface area contributed by atoms with Gasteiger partial charge in [0.05, 0.1) is 10.6 Å². The van der Waals surface area contributed by atoms with Crippen LogP contribution in [0.15, 0.2) is 23.1 Å². The highest BCUT2D eigenvalue weighted by atomic mass is 35.5. The second-order valence-corrected chi connectivity index (χ2v) is 7.73. The van der Waals surface area contributed by atoms with E-state index < -0.39 is 9.84 Å². The van der Waals surface area contributed by atoms with Gasteiger partial charge in [-0.15, -0.1) is 12.4 Å². The van der Waals surface area contributed by atoms with Crippen LogP contribution in [0.4, 0.5) is 5.69 Å². The summed E-state index contributed by atoms with van der Waals surface area (Å²) in [6.07, 6.45) is 2.94. The van der Waals surface area contributed by atoms with Crippen LogP contribution < -0.4 is 11.1 Å². The maximum Gasteiger partial charge on any atom is 0.227 e. The summed E-state index contributed by atoms with van der Waals surface area (Å²) in [5.41, 5.74) is 7.20. The summed E-state index contributed by atoms with van der Waals surface area (Å²) in [5.74, 6) is 0.0418. The van der Waals surface area contributed by atoms with Gasteiger partial charge in [0, 0.05) is 17.6 Å². The van der Waals surface area contributed by atoms with Gasteiger partial charge in [0.2, 0.25) is 5.91 Å². The summed E-state index contributed by atoms with van der Waals surface area (Å²) >= 11 is 0. The molecule has 2 atom stereocenters. The lowest BCUT2D eigenvalue weighted by Crippen LogP contribution is -2.23. The van der Waals surface area contributed by atoms with Crippen molar-refractivity contribution < 1.29 is 13.2 Å². The molecule has 2 aliphatic rings. The van der Waals surface area contributed by atoms with Crippen molar-refractivity contribution in [1.29, 1.82) is 0 Å². The number of nitrogens with two attached hydrogens (primary N) is 1. The Labute approximate surface area is 130 Å². The van der Waals surface area contributed by atoms with Crippen LogP contribution in [0.1, 0.15) is 24.8 Å². The largest absolute Gasteiger partial charge is 0.328 e. The molecular formula is C14H19ClN2O3S. The van der Waals surface area contributed by atoms with E-state index in [0.29, 0.717) is 23.4 Å². The van der Waals surface area contributed by atoms with Gasteiger partial charge in [0.15, 0.2) is 9.84 Å². The second-order valence-electron chi connectivity index (χ2n) is 5.65. The molecule has 7 heteroatoms. The van der Waals surface area contributed by atoms with E-state index in [1.165, 1.54) is 0 Å². The quantitative estimate of drug-likeness (QED) is 0.860. The Kier molecular flexibility index (Phi) is 4.60. The third-order valence-corrected chi connectivity index (χ3v) is 5.95. The number of sulfone groups is 1. The molecule has 0 radical (unpaired) electrons. The lowest BCUT2D eigenvalue weighted by atomic mass is 10.1. The Morgan fingerprint density at radius 3 is 2.71 bits per heavy atom. The van der Waals surface area contributed by atoms with Crippen LogP contribution in [0, 0.1) is 5.92 Å². The summed E-state index contributed by atoms with van der Waals surface area (Å²) in [5, 5.41) is 2.81. The zero-order chi connectivity index (χ0) is 14.3. The summed E-state index contributed by atoms with van der Waals surface area (Å²) < 4.78 is 23.7. The van der Waals surface area contributed by atoms with E-state index in [-0.39, 0.29) is 36.0 Å². The molecule has 2 unspecified atom stereocenters. The van der Waals surface area contributed by atoms with E-state index in [1.54, 1.807) is 18.2 Å². The SMILES string of the molecule is Cl.NC1CCC(C(=O)Nc2ccc3c(c2)S(=O)(=O)CC3)C1. The maximum atomic E-state index is 12.1. The van der Waals surface area contributed by atoms with Crippen molar-refractivity contribution >= 4 is 33.8 Å². The molecule has 0 spiro atoms. The van der Waals surface area contributed by atoms with Crippen LogP contribution in [-0.4, -0.2) is 26.1 Å². The van der Waals surface area contributed by atoms with Crippen LogP contribution in [0.2, 0.25) is 0 Å². The predicted octanol–water partition coefficient (Wildman–Crippen LogP) is 1.50. The van der Waals surface area contributed by atoms with Gasteiger partial charge in [-0.1, -0.05) is 6.07 Å². The zero-order valence-electron chi connectivity index (χ0n) is 11.5. The van der Waals surface area contributed by atoms with E-state index in [4.69, 9.17) is 5.73 Å². The van der Waals surface area contributed by atoms with Gasteiger partial charge in [-0.3, -0.25) is 4.79 Å². The molecule has 0 aromatic heterocycles. The molecule has 21 heavy (non-hydrogen) atoms. The lowest BCUT2D eigenvalue weighted by molar-refractivity contribution is -0.119. The number of hydrogen-bond donors (Lipinski definition) is 2. The number of anilines is 1. The fraction of sp³-hybridized carbons (Fsp3) is 0.500. The van der Waals surface area contributed by atoms with Crippen molar-refractivity contribution in [3.63, 3.8) is 0 Å². The minimum Gasteiger partial charge on any atom is -0.328 e. The molecule has 0 bridgehead atoms. The number of halogens is 1. The average molecular weight is 331 g/mol. The molecule has 1 aromatic rings. The number of aryl methyl sites for hydroxylation is 1. The van der Waals surface area contributed by atoms with Crippen molar-refractivity contribution in [2.75, 3.05) is 11.1 Å². The summed E-state index contributed by atoms with van der Waals surface area (Å²) in [4.78, 5) is 12.5. The van der Waals surface area contributed by atoms with Crippen LogP contribution in [-0.2, 0) is 21.1 Å². The monoisotopic (exact) mass is 330 g/mol. The standard InChI is InChI=1S/C14H18N2O3S.ClH/c15-11-3-1-10(7-11)14(17)16-12-4-2-9-5-6-20(18,19)13(9)8-12;/h2,4,8,10-11H,1,3,5-7,15H2,(H,16,17);1H. The van der Waals surface area contributed by atoms with Gasteiger partial charge < -0.3 is 11.1 Å². The summed E-state index contributed by atoms with van der Waals surface area (Å²) in [6.45, 7) is 0. The minimum absolute atomic E-state index is 0. The highest BCUT2D eigenvalue weighted by Crippen LogP contribution is 2.30. The molecule has 1 aromatic carbocycles. The number of fused-ring (bicyclic) bond motifs is 1. The number of nitrogens with one attached hydrogen (secondary N) is 1. The normalized spacial score (nSPS) is 26.0. The van der Waals surface area contributed by atoms with Crippen LogP contribution in [0.25, 0.3) is 0 Å². The van der Waals surface area contributed by atoms with E-state index in [1.807, 2.05) is 0 Å². The van der Waals surface area contributed by atoms with E-state index in [0.717, 1.165) is 18.4 Å². The molecule has 1 heterocycles. The van der Waals surface area contributed by atoms with E-state index >= 15 is 0 Å². The average Bonchev–Trinajstić information content (AvgIpc) is 2.95. The molecule has 1 aliphatic carbocycles. The highest BCUT2D eigenvalue weighted by molar-refractivity contribution is 7.91. The first-order valence-corrected chi connectivity index (χ1v) is 8.53. The van der Waals surface area contributed by atoms with Gasteiger partial charge >= 0.3 is 0 Å². The van der Waals surface area contributed by atoms with Gasteiger partial charge in [0.25, 0.3) is 0 Å². The Hall–Kier alpha value is -1.11. The first-order chi connectivity index (χ1) is 9.45. The number of carbonyl (C=O) groups is 1. The molecular weight excluding hydrogens is 312 g/mol. The van der Waals surface area contributed by atoms with Gasteiger partial charge in [-0.05, 0) is 43.4 Å². The molecule has 0 saturated heterocycles. The number of amides is 1. The predicted molar refractivity (Wildman–Crippen MR) is 83.4 cm³/mol. The second kappa shape index (κ2) is 5.94. The summed E-state index contributed by atoms with van der Waals surface area (Å²) in [6, 6.07) is 5.23. The maximum absolute atomic E-state index is 12.1. The molecule has 1 fully saturated rings. The third-order valence-electron chi connectivity index (χ3n) is 4.15. The van der Waals surface area contributed by atoms with Crippen LogP contribution in [0.5, 0.6) is 0 Å². The number of hydrogen-bond acceptors (Lipinski definition) is 4. The fourth-order valence-electron chi connectivity index (χ4n) is 2.98. The van der Waals surface area contributed by atoms with Crippen molar-refractivity contribution in [3.8, 4) is 0 Å². The van der Waals surface area contributed by atoms with Gasteiger partial charge in [-0.2, -0.15) is 0 Å². The van der Waals surface area contributed by atoms with Crippen molar-refractivity contribution in [1.82, 2.24) is 0 Å². The zero-order valence-corrected chi connectivity index (χ0v) is 13.2. The minimum atomic E-state index is -3.16. The highest BCUT2D eigenvalue weighted by Gasteiger charge is 2.29. The Morgan fingerprint density at radius 1 is 1.29 bits per heavy atom. The van der Waals surface area contributed by atoms with Gasteiger partial charge in [-0.25, -0.2) is 8.42 Å². The Morgan fingerprint density at radius 2 is 2.05 bits per heavy atom. The van der Waals surface area contributed by atoms with Crippen LogP contribution in [0.3, 0.4) is 0 Å². The molecule has 1 amide bonds. The first kappa shape index (κ1) is 16.3. The molecule has 1 saturated carbocycles. The van der Waals surface area contributed by atoms with E-state index in [9.17, 15) is 13.2 Å². The number of rotatable bonds is 2. The number of carbonyl (C=O) groups excluding carboxylic acids is 1. The Bertz CT molecular complexity index is 660. The molecule has 116 valence electrons. The molecule has 5 nitrogen and oxygen atoms in total. The third kappa shape index (κ3) is 3.22. The Balaban J connectivity index is 0.00000161. The van der Waals surface area contributed by atoms with Crippen molar-refractivity contribution in [2.45, 2.75) is 36.6 Å². The smallest absolute Gasteiger partial charge is 0.227 e. The van der Waals surface area contributed by atoms with E-state index in [2.05, 4.69) is 5.32 Å².